The van der Waals surface area contributed by atoms with Crippen LogP contribution >= 0.6 is 11.6 Å². The van der Waals surface area contributed by atoms with Crippen molar-refractivity contribution in [2.24, 2.45) is 0 Å². The number of hydrogen-bond acceptors (Lipinski definition) is 7. The van der Waals surface area contributed by atoms with Crippen molar-refractivity contribution in [3.63, 3.8) is 0 Å². The van der Waals surface area contributed by atoms with Gasteiger partial charge in [0, 0.05) is 35.4 Å². The quantitative estimate of drug-likeness (QED) is 0.185. The number of anilines is 2. The summed E-state index contributed by atoms with van der Waals surface area (Å²) < 4.78 is 30.3. The summed E-state index contributed by atoms with van der Waals surface area (Å²) in [6.07, 6.45) is 2.19. The van der Waals surface area contributed by atoms with E-state index in [4.69, 9.17) is 25.8 Å². The molecule has 0 bridgehead atoms. The third-order valence-corrected chi connectivity index (χ3v) is 7.22. The van der Waals surface area contributed by atoms with E-state index < -0.39 is 11.8 Å². The highest BCUT2D eigenvalue weighted by Crippen LogP contribution is 2.26. The maximum atomic E-state index is 14.1. The van der Waals surface area contributed by atoms with Gasteiger partial charge in [0.15, 0.2) is 0 Å². The monoisotopic (exact) mass is 603 g/mol. The van der Waals surface area contributed by atoms with Crippen LogP contribution in [0.3, 0.4) is 0 Å². The molecule has 1 fully saturated rings. The van der Waals surface area contributed by atoms with Crippen molar-refractivity contribution >= 4 is 34.9 Å². The molecule has 43 heavy (non-hydrogen) atoms. The number of nitrogens with one attached hydrogen (secondary N) is 2. The van der Waals surface area contributed by atoms with E-state index >= 15 is 0 Å². The van der Waals surface area contributed by atoms with E-state index in [-0.39, 0.29) is 25.0 Å². The molecule has 1 aliphatic rings. The highest BCUT2D eigenvalue weighted by Gasteiger charge is 2.18. The number of pyridine rings is 1. The Morgan fingerprint density at radius 3 is 2.63 bits per heavy atom. The first kappa shape index (κ1) is 30.0. The van der Waals surface area contributed by atoms with Gasteiger partial charge in [-0.2, -0.15) is 0 Å². The molecule has 0 spiro atoms. The topological polar surface area (TPSA) is 98.8 Å². The maximum absolute atomic E-state index is 14.1. The molecule has 1 amide bonds. The van der Waals surface area contributed by atoms with Crippen molar-refractivity contribution in [3.8, 4) is 17.1 Å². The number of rotatable bonds is 11. The molecule has 4 aromatic rings. The summed E-state index contributed by atoms with van der Waals surface area (Å²) in [4.78, 5) is 29.6. The van der Waals surface area contributed by atoms with Crippen molar-refractivity contribution in [3.05, 3.63) is 106 Å². The molecular weight excluding hydrogens is 573 g/mol. The van der Waals surface area contributed by atoms with Gasteiger partial charge in [-0.25, -0.2) is 14.2 Å². The van der Waals surface area contributed by atoms with Crippen LogP contribution in [-0.2, 0) is 27.3 Å². The van der Waals surface area contributed by atoms with Crippen LogP contribution in [0, 0.1) is 5.82 Å². The Morgan fingerprint density at radius 2 is 1.88 bits per heavy atom. The number of hydrogen-bond donors (Lipinski definition) is 2. The Kier molecular flexibility index (Phi) is 9.86. The zero-order valence-corrected chi connectivity index (χ0v) is 24.3. The molecule has 1 atom stereocenters. The first-order chi connectivity index (χ1) is 20.9. The molecule has 1 aromatic heterocycles. The number of aromatic nitrogens is 1. The SMILES string of the molecule is COC(=O)c1ccc(NC(=O)Cc2ccc(-c3cccc(OCc4ccc(Cl)cc4F)n3)cc2)c(NC[C@@H]2CCCO2)c1. The smallest absolute Gasteiger partial charge is 0.337 e. The number of carbonyl (C=O) groups excluding carboxylic acids is 2. The van der Waals surface area contributed by atoms with Crippen LogP contribution in [-0.4, -0.2) is 43.2 Å². The standard InChI is InChI=1S/C33H31ClFN3O5/c1-41-33(40)23-12-14-29(30(17-23)36-19-26-4-3-15-42-26)37-31(39)16-21-7-9-22(10-8-21)28-5-2-6-32(38-28)43-20-24-11-13-25(34)18-27(24)35/h2,5-14,17-18,26,36H,3-4,15-16,19-20H2,1H3,(H,37,39)/t26-/m0/s1. The normalized spacial score (nSPS) is 14.3. The first-order valence-electron chi connectivity index (χ1n) is 13.9. The van der Waals surface area contributed by atoms with Gasteiger partial charge in [-0.05, 0) is 54.8 Å². The number of benzene rings is 3. The molecule has 2 heterocycles. The molecule has 0 saturated carbocycles. The molecule has 3 aromatic carbocycles. The molecular formula is C33H31ClFN3O5. The van der Waals surface area contributed by atoms with Crippen molar-refractivity contribution in [1.29, 1.82) is 0 Å². The molecule has 1 saturated heterocycles. The molecule has 5 rings (SSSR count). The Labute approximate surface area is 254 Å². The van der Waals surface area contributed by atoms with E-state index in [0.717, 1.165) is 30.6 Å². The summed E-state index contributed by atoms with van der Waals surface area (Å²) in [6.45, 7) is 1.31. The molecule has 8 nitrogen and oxygen atoms in total. The molecule has 1 aliphatic heterocycles. The second-order valence-corrected chi connectivity index (χ2v) is 10.5. The van der Waals surface area contributed by atoms with Crippen LogP contribution in [0.15, 0.2) is 78.9 Å². The average Bonchev–Trinajstić information content (AvgIpc) is 3.54. The van der Waals surface area contributed by atoms with Crippen LogP contribution in [0.4, 0.5) is 15.8 Å². The van der Waals surface area contributed by atoms with Crippen molar-refractivity contribution in [2.45, 2.75) is 32.0 Å². The van der Waals surface area contributed by atoms with E-state index in [1.807, 2.05) is 36.4 Å². The van der Waals surface area contributed by atoms with Gasteiger partial charge in [0.05, 0.1) is 42.3 Å². The highest BCUT2D eigenvalue weighted by atomic mass is 35.5. The van der Waals surface area contributed by atoms with Gasteiger partial charge in [0.25, 0.3) is 0 Å². The summed E-state index contributed by atoms with van der Waals surface area (Å²) in [6, 6.07) is 22.3. The molecule has 2 N–H and O–H groups in total. The van der Waals surface area contributed by atoms with Crippen LogP contribution in [0.1, 0.15) is 34.3 Å². The minimum absolute atomic E-state index is 0.0184. The predicted molar refractivity (Wildman–Crippen MR) is 163 cm³/mol. The summed E-state index contributed by atoms with van der Waals surface area (Å²) in [7, 11) is 1.33. The largest absolute Gasteiger partial charge is 0.473 e. The van der Waals surface area contributed by atoms with Crippen molar-refractivity contribution in [2.75, 3.05) is 30.9 Å². The fraction of sp³-hybridized carbons (Fsp3) is 0.242. The average molecular weight is 604 g/mol. The molecule has 0 radical (unpaired) electrons. The fourth-order valence-electron chi connectivity index (χ4n) is 4.69. The number of amides is 1. The molecule has 0 unspecified atom stereocenters. The van der Waals surface area contributed by atoms with Gasteiger partial charge < -0.3 is 24.8 Å². The predicted octanol–water partition coefficient (Wildman–Crippen LogP) is 6.68. The second-order valence-electron chi connectivity index (χ2n) is 10.1. The number of carbonyl (C=O) groups is 2. The molecule has 0 aliphatic carbocycles. The Morgan fingerprint density at radius 1 is 1.05 bits per heavy atom. The van der Waals surface area contributed by atoms with Crippen LogP contribution < -0.4 is 15.4 Å². The van der Waals surface area contributed by atoms with Crippen molar-refractivity contribution in [1.82, 2.24) is 4.98 Å². The lowest BCUT2D eigenvalue weighted by atomic mass is 10.1. The van der Waals surface area contributed by atoms with Crippen LogP contribution in [0.2, 0.25) is 5.02 Å². The summed E-state index contributed by atoms with van der Waals surface area (Å²) in [5, 5.41) is 6.58. The minimum atomic E-state index is -0.458. The van der Waals surface area contributed by atoms with E-state index in [1.165, 1.54) is 13.2 Å². The zero-order chi connectivity index (χ0) is 30.2. The molecule has 10 heteroatoms. The lowest BCUT2D eigenvalue weighted by Gasteiger charge is -2.17. The van der Waals surface area contributed by atoms with Crippen molar-refractivity contribution < 1.29 is 28.2 Å². The minimum Gasteiger partial charge on any atom is -0.473 e. The lowest BCUT2D eigenvalue weighted by Crippen LogP contribution is -2.21. The van der Waals surface area contributed by atoms with Gasteiger partial charge in [-0.15, -0.1) is 0 Å². The van der Waals surface area contributed by atoms with Gasteiger partial charge in [0.2, 0.25) is 11.8 Å². The second kappa shape index (κ2) is 14.1. The van der Waals surface area contributed by atoms with E-state index in [1.54, 1.807) is 36.4 Å². The Bertz CT molecular complexity index is 1590. The number of halogens is 2. The molecule has 222 valence electrons. The number of nitrogens with zero attached hydrogens (tertiary/aromatic N) is 1. The van der Waals surface area contributed by atoms with Gasteiger partial charge in [-0.1, -0.05) is 48.0 Å². The number of ether oxygens (including phenoxy) is 3. The third-order valence-electron chi connectivity index (χ3n) is 6.99. The van der Waals surface area contributed by atoms with E-state index in [2.05, 4.69) is 15.6 Å². The third kappa shape index (κ3) is 8.09. The van der Waals surface area contributed by atoms with Gasteiger partial charge in [-0.3, -0.25) is 4.79 Å². The van der Waals surface area contributed by atoms with E-state index in [9.17, 15) is 14.0 Å². The van der Waals surface area contributed by atoms with Crippen LogP contribution in [0.25, 0.3) is 11.3 Å². The number of methoxy groups -OCH3 is 1. The summed E-state index contributed by atoms with van der Waals surface area (Å²) in [5.74, 6) is -0.744. The maximum Gasteiger partial charge on any atom is 0.337 e. The highest BCUT2D eigenvalue weighted by molar-refractivity contribution is 6.30. The first-order valence-corrected chi connectivity index (χ1v) is 14.3. The van der Waals surface area contributed by atoms with Gasteiger partial charge in [0.1, 0.15) is 12.4 Å². The number of esters is 1. The zero-order valence-electron chi connectivity index (χ0n) is 23.6. The Hall–Kier alpha value is -4.47. The summed E-state index contributed by atoms with van der Waals surface area (Å²) >= 11 is 5.82. The lowest BCUT2D eigenvalue weighted by molar-refractivity contribution is -0.115. The fourth-order valence-corrected chi connectivity index (χ4v) is 4.85. The van der Waals surface area contributed by atoms with Crippen LogP contribution in [0.5, 0.6) is 5.88 Å². The summed E-state index contributed by atoms with van der Waals surface area (Å²) in [5.41, 5.74) is 4.27. The van der Waals surface area contributed by atoms with Gasteiger partial charge >= 0.3 is 5.97 Å². The Balaban J connectivity index is 1.21. The van der Waals surface area contributed by atoms with E-state index in [0.29, 0.717) is 45.6 Å².